The highest BCUT2D eigenvalue weighted by Gasteiger charge is 2.27. The molecule has 0 saturated carbocycles. The van der Waals surface area contributed by atoms with Crippen molar-refractivity contribution in [2.45, 2.75) is 26.9 Å². The number of rotatable bonds is 7. The van der Waals surface area contributed by atoms with E-state index in [-0.39, 0.29) is 5.91 Å². The fraction of sp³-hybridized carbons (Fsp3) is 0.500. The molecule has 1 aliphatic heterocycles. The van der Waals surface area contributed by atoms with Crippen LogP contribution in [-0.4, -0.2) is 71.2 Å². The van der Waals surface area contributed by atoms with Gasteiger partial charge in [-0.3, -0.25) is 19.4 Å². The Labute approximate surface area is 179 Å². The smallest absolute Gasteiger partial charge is 0.246 e. The van der Waals surface area contributed by atoms with Gasteiger partial charge in [0.15, 0.2) is 5.96 Å². The minimum Gasteiger partial charge on any atom is -0.352 e. The Bertz CT molecular complexity index is 855. The van der Waals surface area contributed by atoms with Gasteiger partial charge in [-0.15, -0.1) is 0 Å². The SMILES string of the molecule is CCN(CC)Cc1ccc(CNC(=NC)N2CCN(c3cnn(C)c3)C(=O)C2)cc1. The van der Waals surface area contributed by atoms with E-state index >= 15 is 0 Å². The Balaban J connectivity index is 1.53. The monoisotopic (exact) mass is 411 g/mol. The fourth-order valence-corrected chi connectivity index (χ4v) is 3.66. The predicted octanol–water partition coefficient (Wildman–Crippen LogP) is 1.69. The van der Waals surface area contributed by atoms with Crippen LogP contribution in [0.3, 0.4) is 0 Å². The van der Waals surface area contributed by atoms with E-state index in [0.29, 0.717) is 19.6 Å². The molecule has 2 heterocycles. The lowest BCUT2D eigenvalue weighted by atomic mass is 10.1. The number of carbonyl (C=O) groups is 1. The van der Waals surface area contributed by atoms with Crippen LogP contribution in [0.25, 0.3) is 0 Å². The van der Waals surface area contributed by atoms with Crippen LogP contribution in [0.5, 0.6) is 0 Å². The van der Waals surface area contributed by atoms with Crippen molar-refractivity contribution >= 4 is 17.6 Å². The van der Waals surface area contributed by atoms with Crippen LogP contribution in [0.1, 0.15) is 25.0 Å². The molecule has 162 valence electrons. The number of anilines is 1. The van der Waals surface area contributed by atoms with Crippen molar-refractivity contribution in [1.29, 1.82) is 0 Å². The van der Waals surface area contributed by atoms with Gasteiger partial charge in [-0.25, -0.2) is 0 Å². The van der Waals surface area contributed by atoms with Crippen LogP contribution in [0, 0.1) is 0 Å². The van der Waals surface area contributed by atoms with Crippen molar-refractivity contribution in [3.8, 4) is 0 Å². The Kier molecular flexibility index (Phi) is 7.46. The average molecular weight is 412 g/mol. The van der Waals surface area contributed by atoms with Gasteiger partial charge >= 0.3 is 0 Å². The number of piperazine rings is 1. The van der Waals surface area contributed by atoms with E-state index in [1.165, 1.54) is 11.1 Å². The van der Waals surface area contributed by atoms with Gasteiger partial charge in [0.1, 0.15) is 6.54 Å². The van der Waals surface area contributed by atoms with Crippen molar-refractivity contribution < 1.29 is 4.79 Å². The lowest BCUT2D eigenvalue weighted by Gasteiger charge is -2.35. The van der Waals surface area contributed by atoms with E-state index in [1.807, 2.05) is 18.1 Å². The van der Waals surface area contributed by atoms with Crippen LogP contribution < -0.4 is 10.2 Å². The van der Waals surface area contributed by atoms with E-state index in [4.69, 9.17) is 0 Å². The van der Waals surface area contributed by atoms with Crippen LogP contribution in [0.15, 0.2) is 41.7 Å². The summed E-state index contributed by atoms with van der Waals surface area (Å²) in [7, 11) is 3.61. The second-order valence-electron chi connectivity index (χ2n) is 7.52. The maximum atomic E-state index is 12.6. The number of nitrogens with zero attached hydrogens (tertiary/aromatic N) is 6. The second-order valence-corrected chi connectivity index (χ2v) is 7.52. The number of hydrogen-bond donors (Lipinski definition) is 1. The van der Waals surface area contributed by atoms with E-state index in [1.54, 1.807) is 22.8 Å². The zero-order valence-corrected chi connectivity index (χ0v) is 18.5. The zero-order chi connectivity index (χ0) is 21.5. The maximum absolute atomic E-state index is 12.6. The Morgan fingerprint density at radius 1 is 1.17 bits per heavy atom. The van der Waals surface area contributed by atoms with Crippen LogP contribution >= 0.6 is 0 Å². The second kappa shape index (κ2) is 10.2. The summed E-state index contributed by atoms with van der Waals surface area (Å²) in [6.07, 6.45) is 3.59. The number of amides is 1. The lowest BCUT2D eigenvalue weighted by Crippen LogP contribution is -2.55. The van der Waals surface area contributed by atoms with Crippen LogP contribution in [0.4, 0.5) is 5.69 Å². The largest absolute Gasteiger partial charge is 0.352 e. The van der Waals surface area contributed by atoms with Gasteiger partial charge in [0, 0.05) is 46.5 Å². The molecular formula is C22H33N7O. The number of carbonyl (C=O) groups excluding carboxylic acids is 1. The Morgan fingerprint density at radius 3 is 2.43 bits per heavy atom. The van der Waals surface area contributed by atoms with Gasteiger partial charge in [-0.05, 0) is 24.2 Å². The molecule has 2 aromatic rings. The number of hydrogen-bond acceptors (Lipinski definition) is 4. The molecular weight excluding hydrogens is 378 g/mol. The standard InChI is InChI=1S/C22H33N7O/c1-5-27(6-2)15-19-9-7-18(8-10-19)13-24-22(23-3)28-11-12-29(21(30)17-28)20-14-25-26(4)16-20/h7-10,14,16H,5-6,11-13,15,17H2,1-4H3,(H,23,24). The molecule has 8 heteroatoms. The van der Waals surface area contributed by atoms with E-state index < -0.39 is 0 Å². The quantitative estimate of drug-likeness (QED) is 0.555. The average Bonchev–Trinajstić information content (AvgIpc) is 3.19. The molecule has 0 aliphatic carbocycles. The molecule has 1 aromatic carbocycles. The fourth-order valence-electron chi connectivity index (χ4n) is 3.66. The third kappa shape index (κ3) is 5.38. The van der Waals surface area contributed by atoms with Crippen molar-refractivity contribution in [2.75, 3.05) is 44.7 Å². The third-order valence-electron chi connectivity index (χ3n) is 5.51. The summed E-state index contributed by atoms with van der Waals surface area (Å²) in [5, 5.41) is 7.56. The highest BCUT2D eigenvalue weighted by Crippen LogP contribution is 2.16. The van der Waals surface area contributed by atoms with Gasteiger partial charge in [0.2, 0.25) is 5.91 Å². The van der Waals surface area contributed by atoms with Gasteiger partial charge in [-0.2, -0.15) is 5.10 Å². The number of guanidine groups is 1. The van der Waals surface area contributed by atoms with Crippen molar-refractivity contribution in [2.24, 2.45) is 12.0 Å². The number of nitrogens with one attached hydrogen (secondary N) is 1. The molecule has 1 N–H and O–H groups in total. The predicted molar refractivity (Wildman–Crippen MR) is 120 cm³/mol. The van der Waals surface area contributed by atoms with Gasteiger partial charge < -0.3 is 15.1 Å². The lowest BCUT2D eigenvalue weighted by molar-refractivity contribution is -0.120. The molecule has 0 unspecified atom stereocenters. The van der Waals surface area contributed by atoms with Crippen molar-refractivity contribution in [1.82, 2.24) is 24.9 Å². The first kappa shape index (κ1) is 21.8. The van der Waals surface area contributed by atoms with Gasteiger partial charge in [0.05, 0.1) is 11.9 Å². The minimum atomic E-state index is 0.0537. The first-order chi connectivity index (χ1) is 14.5. The number of aromatic nitrogens is 2. The summed E-state index contributed by atoms with van der Waals surface area (Å²) >= 11 is 0. The van der Waals surface area contributed by atoms with Gasteiger partial charge in [0.25, 0.3) is 0 Å². The maximum Gasteiger partial charge on any atom is 0.246 e. The van der Waals surface area contributed by atoms with Crippen LogP contribution in [0.2, 0.25) is 0 Å². The van der Waals surface area contributed by atoms with E-state index in [9.17, 15) is 4.79 Å². The topological polar surface area (TPSA) is 69.0 Å². The molecule has 0 radical (unpaired) electrons. The molecule has 1 aromatic heterocycles. The summed E-state index contributed by atoms with van der Waals surface area (Å²) in [5.41, 5.74) is 3.36. The molecule has 3 rings (SSSR count). The molecule has 1 fully saturated rings. The molecule has 30 heavy (non-hydrogen) atoms. The number of benzene rings is 1. The van der Waals surface area contributed by atoms with Crippen LogP contribution in [-0.2, 0) is 24.9 Å². The minimum absolute atomic E-state index is 0.0537. The Morgan fingerprint density at radius 2 is 1.87 bits per heavy atom. The van der Waals surface area contributed by atoms with E-state index in [2.05, 4.69) is 58.4 Å². The highest BCUT2D eigenvalue weighted by atomic mass is 16.2. The Hall–Kier alpha value is -2.87. The summed E-state index contributed by atoms with van der Waals surface area (Å²) in [4.78, 5) is 23.2. The van der Waals surface area contributed by atoms with Gasteiger partial charge in [-0.1, -0.05) is 38.1 Å². The van der Waals surface area contributed by atoms with Crippen molar-refractivity contribution in [3.63, 3.8) is 0 Å². The zero-order valence-electron chi connectivity index (χ0n) is 18.5. The van der Waals surface area contributed by atoms with E-state index in [0.717, 1.165) is 37.8 Å². The summed E-state index contributed by atoms with van der Waals surface area (Å²) in [6.45, 7) is 9.79. The molecule has 1 aliphatic rings. The molecule has 8 nitrogen and oxygen atoms in total. The molecule has 0 atom stereocenters. The highest BCUT2D eigenvalue weighted by molar-refractivity contribution is 5.98. The first-order valence-corrected chi connectivity index (χ1v) is 10.6. The third-order valence-corrected chi connectivity index (χ3v) is 5.51. The molecule has 1 saturated heterocycles. The molecule has 0 bridgehead atoms. The number of aliphatic imine (C=N–C) groups is 1. The molecule has 1 amide bonds. The summed E-state index contributed by atoms with van der Waals surface area (Å²) in [6, 6.07) is 8.69. The first-order valence-electron chi connectivity index (χ1n) is 10.6. The normalized spacial score (nSPS) is 15.2. The number of aryl methyl sites for hydroxylation is 1. The summed E-state index contributed by atoms with van der Waals surface area (Å²) in [5.74, 6) is 0.805. The molecule has 0 spiro atoms. The van der Waals surface area contributed by atoms with Crippen molar-refractivity contribution in [3.05, 3.63) is 47.8 Å². The summed E-state index contributed by atoms with van der Waals surface area (Å²) < 4.78 is 1.71.